The number of quaternary nitrogens is 1. The highest BCUT2D eigenvalue weighted by atomic mass is 35.5. The van der Waals surface area contributed by atoms with Gasteiger partial charge < -0.3 is 15.5 Å². The number of rotatable bonds is 7. The van der Waals surface area contributed by atoms with Crippen LogP contribution in [0.15, 0.2) is 53.4 Å². The van der Waals surface area contributed by atoms with Gasteiger partial charge in [0.25, 0.3) is 11.8 Å². The van der Waals surface area contributed by atoms with E-state index in [4.69, 9.17) is 16.7 Å². The number of sulfonamides is 1. The third kappa shape index (κ3) is 6.65. The fourth-order valence-corrected chi connectivity index (χ4v) is 3.00. The minimum absolute atomic E-state index is 0.0421. The molecule has 2 amide bonds. The molecule has 0 saturated carbocycles. The molecule has 0 radical (unpaired) electrons. The number of nitrogens with one attached hydrogen (secondary N) is 3. The molecule has 10 heteroatoms. The summed E-state index contributed by atoms with van der Waals surface area (Å²) in [5.74, 6) is -0.590. The van der Waals surface area contributed by atoms with Gasteiger partial charge in [0.2, 0.25) is 10.0 Å². The van der Waals surface area contributed by atoms with Crippen molar-refractivity contribution in [2.45, 2.75) is 4.90 Å². The van der Waals surface area contributed by atoms with E-state index < -0.39 is 10.0 Å². The molecule has 0 spiro atoms. The molecule has 144 valence electrons. The molecule has 1 atom stereocenters. The van der Waals surface area contributed by atoms with Crippen molar-refractivity contribution in [3.8, 4) is 0 Å². The predicted molar refractivity (Wildman–Crippen MR) is 103 cm³/mol. The van der Waals surface area contributed by atoms with Crippen LogP contribution < -0.4 is 20.7 Å². The van der Waals surface area contributed by atoms with Crippen molar-refractivity contribution in [2.75, 3.05) is 30.8 Å². The number of hydrogen-bond donors (Lipinski definition) is 4. The van der Waals surface area contributed by atoms with Crippen LogP contribution in [-0.2, 0) is 19.6 Å². The molecule has 2 aromatic rings. The second-order valence-electron chi connectivity index (χ2n) is 5.96. The first-order valence-corrected chi connectivity index (χ1v) is 9.86. The lowest BCUT2D eigenvalue weighted by atomic mass is 10.3. The first kappa shape index (κ1) is 20.8. The van der Waals surface area contributed by atoms with Crippen LogP contribution in [0.5, 0.6) is 0 Å². The van der Waals surface area contributed by atoms with Crippen molar-refractivity contribution >= 4 is 44.8 Å². The molecule has 0 aliphatic rings. The largest absolute Gasteiger partial charge is 0.322 e. The molecule has 0 saturated heterocycles. The molecule has 0 aromatic heterocycles. The van der Waals surface area contributed by atoms with Gasteiger partial charge in [0.1, 0.15) is 0 Å². The van der Waals surface area contributed by atoms with Crippen LogP contribution in [-0.4, -0.2) is 40.4 Å². The Balaban J connectivity index is 1.84. The van der Waals surface area contributed by atoms with Gasteiger partial charge in [-0.15, -0.1) is 0 Å². The highest BCUT2D eigenvalue weighted by Crippen LogP contribution is 2.19. The first-order chi connectivity index (χ1) is 12.6. The van der Waals surface area contributed by atoms with Crippen LogP contribution in [0.3, 0.4) is 0 Å². The second kappa shape index (κ2) is 8.96. The quantitative estimate of drug-likeness (QED) is 0.515. The van der Waals surface area contributed by atoms with Gasteiger partial charge in [-0.2, -0.15) is 0 Å². The van der Waals surface area contributed by atoms with Crippen molar-refractivity contribution < 1.29 is 22.9 Å². The summed E-state index contributed by atoms with van der Waals surface area (Å²) in [6, 6.07) is 12.4. The minimum atomic E-state index is -3.78. The Morgan fingerprint density at radius 3 is 2.11 bits per heavy atom. The molecular formula is C17H20ClN4O4S+. The molecule has 2 rings (SSSR count). The van der Waals surface area contributed by atoms with Crippen LogP contribution in [0.25, 0.3) is 0 Å². The molecule has 0 bridgehead atoms. The Labute approximate surface area is 162 Å². The zero-order valence-corrected chi connectivity index (χ0v) is 16.1. The molecule has 0 fully saturated rings. The lowest BCUT2D eigenvalue weighted by Crippen LogP contribution is -3.11. The maximum Gasteiger partial charge on any atom is 0.279 e. The van der Waals surface area contributed by atoms with E-state index in [1.54, 1.807) is 31.3 Å². The summed E-state index contributed by atoms with van der Waals surface area (Å²) in [6.45, 7) is 0.121. The van der Waals surface area contributed by atoms with Crippen molar-refractivity contribution in [3.05, 3.63) is 53.6 Å². The van der Waals surface area contributed by atoms with E-state index in [0.29, 0.717) is 21.3 Å². The van der Waals surface area contributed by atoms with Crippen LogP contribution >= 0.6 is 11.6 Å². The lowest BCUT2D eigenvalue weighted by Gasteiger charge is -2.14. The van der Waals surface area contributed by atoms with Crippen molar-refractivity contribution in [3.63, 3.8) is 0 Å². The number of benzene rings is 2. The molecule has 0 heterocycles. The molecule has 27 heavy (non-hydrogen) atoms. The number of amides is 2. The number of hydrogen-bond acceptors (Lipinski definition) is 4. The van der Waals surface area contributed by atoms with Gasteiger partial charge in [0, 0.05) is 5.69 Å². The van der Waals surface area contributed by atoms with Gasteiger partial charge in [-0.25, -0.2) is 13.6 Å². The zero-order chi connectivity index (χ0) is 20.0. The van der Waals surface area contributed by atoms with E-state index in [1.807, 2.05) is 0 Å². The maximum atomic E-state index is 12.1. The number of anilines is 2. The minimum Gasteiger partial charge on any atom is -0.322 e. The van der Waals surface area contributed by atoms with Gasteiger partial charge in [0.15, 0.2) is 13.1 Å². The normalized spacial score (nSPS) is 12.3. The van der Waals surface area contributed by atoms with Gasteiger partial charge >= 0.3 is 0 Å². The molecule has 8 nitrogen and oxygen atoms in total. The number of halogens is 1. The smallest absolute Gasteiger partial charge is 0.279 e. The van der Waals surface area contributed by atoms with E-state index in [0.717, 1.165) is 0 Å². The number of carbonyl (C=O) groups is 2. The van der Waals surface area contributed by atoms with E-state index in [1.165, 1.54) is 24.3 Å². The Morgan fingerprint density at radius 2 is 1.56 bits per heavy atom. The number of likely N-dealkylation sites (N-methyl/N-ethyl adjacent to an activating group) is 1. The van der Waals surface area contributed by atoms with Crippen LogP contribution in [0.1, 0.15) is 0 Å². The van der Waals surface area contributed by atoms with Gasteiger partial charge in [0.05, 0.1) is 22.7 Å². The van der Waals surface area contributed by atoms with E-state index in [-0.39, 0.29) is 29.8 Å². The highest BCUT2D eigenvalue weighted by Gasteiger charge is 2.15. The molecule has 1 unspecified atom stereocenters. The predicted octanol–water partition coefficient (Wildman–Crippen LogP) is 0.0793. The summed E-state index contributed by atoms with van der Waals surface area (Å²) in [5, 5.41) is 10.8. The second-order valence-corrected chi connectivity index (χ2v) is 7.92. The molecule has 2 aromatic carbocycles. The molecule has 0 aliphatic heterocycles. The van der Waals surface area contributed by atoms with Gasteiger partial charge in [-0.1, -0.05) is 23.7 Å². The average Bonchev–Trinajstić information content (AvgIpc) is 2.56. The summed E-state index contributed by atoms with van der Waals surface area (Å²) in [7, 11) is -2.08. The summed E-state index contributed by atoms with van der Waals surface area (Å²) >= 11 is 5.99. The number of nitrogens with two attached hydrogens (primary N) is 1. The van der Waals surface area contributed by atoms with Crippen molar-refractivity contribution in [1.29, 1.82) is 0 Å². The first-order valence-electron chi connectivity index (χ1n) is 7.93. The van der Waals surface area contributed by atoms with E-state index in [9.17, 15) is 18.0 Å². The molecular weight excluding hydrogens is 392 g/mol. The SMILES string of the molecule is C[NH+](CC(=O)Nc1ccc(S(N)(=O)=O)cc1)CC(=O)Nc1ccccc1Cl. The number of primary sulfonamides is 1. The molecule has 0 aliphatic carbocycles. The average molecular weight is 412 g/mol. The van der Waals surface area contributed by atoms with Crippen LogP contribution in [0.4, 0.5) is 11.4 Å². The van der Waals surface area contributed by atoms with Crippen LogP contribution in [0, 0.1) is 0 Å². The summed E-state index contributed by atoms with van der Waals surface area (Å²) in [4.78, 5) is 24.7. The number of carbonyl (C=O) groups excluding carboxylic acids is 2. The third-order valence-electron chi connectivity index (χ3n) is 3.54. The van der Waals surface area contributed by atoms with E-state index >= 15 is 0 Å². The zero-order valence-electron chi connectivity index (χ0n) is 14.5. The summed E-state index contributed by atoms with van der Waals surface area (Å²) in [5.41, 5.74) is 0.942. The fourth-order valence-electron chi connectivity index (χ4n) is 2.30. The highest BCUT2D eigenvalue weighted by molar-refractivity contribution is 7.89. The Kier molecular flexibility index (Phi) is 6.92. The third-order valence-corrected chi connectivity index (χ3v) is 4.80. The Bertz CT molecular complexity index is 932. The Morgan fingerprint density at radius 1 is 1.00 bits per heavy atom. The standard InChI is InChI=1S/C17H19ClN4O4S/c1-22(11-17(24)21-15-5-3-2-4-14(15)18)10-16(23)20-12-6-8-13(9-7-12)27(19,25)26/h2-9H,10-11H2,1H3,(H,20,23)(H,21,24)(H2,19,25,26)/p+1. The van der Waals surface area contributed by atoms with Crippen molar-refractivity contribution in [2.24, 2.45) is 5.14 Å². The van der Waals surface area contributed by atoms with E-state index in [2.05, 4.69) is 10.6 Å². The fraction of sp³-hybridized carbons (Fsp3) is 0.176. The van der Waals surface area contributed by atoms with Crippen molar-refractivity contribution in [1.82, 2.24) is 0 Å². The maximum absolute atomic E-state index is 12.1. The van der Waals surface area contributed by atoms with Gasteiger partial charge in [-0.05, 0) is 36.4 Å². The molecule has 5 N–H and O–H groups in total. The summed E-state index contributed by atoms with van der Waals surface area (Å²) < 4.78 is 22.4. The summed E-state index contributed by atoms with van der Waals surface area (Å²) in [6.07, 6.45) is 0. The van der Waals surface area contributed by atoms with Crippen LogP contribution in [0.2, 0.25) is 5.02 Å². The topological polar surface area (TPSA) is 123 Å². The Hall–Kier alpha value is -2.46. The number of para-hydroxylation sites is 1. The lowest BCUT2D eigenvalue weighted by molar-refractivity contribution is -0.862. The van der Waals surface area contributed by atoms with Gasteiger partial charge in [-0.3, -0.25) is 9.59 Å². The monoisotopic (exact) mass is 411 g/mol.